The van der Waals surface area contributed by atoms with Crippen molar-refractivity contribution in [3.63, 3.8) is 0 Å². The van der Waals surface area contributed by atoms with Gasteiger partial charge in [-0.1, -0.05) is 0 Å². The smallest absolute Gasteiger partial charge is 0.252 e. The van der Waals surface area contributed by atoms with Crippen molar-refractivity contribution in [3.05, 3.63) is 54.4 Å². The van der Waals surface area contributed by atoms with Crippen LogP contribution in [0.2, 0.25) is 0 Å². The Balaban J connectivity index is 1.43. The number of benzene rings is 1. The van der Waals surface area contributed by atoms with Crippen molar-refractivity contribution in [1.82, 2.24) is 19.6 Å². The van der Waals surface area contributed by atoms with E-state index in [1.165, 1.54) is 0 Å². The van der Waals surface area contributed by atoms with Crippen LogP contribution in [0.3, 0.4) is 0 Å². The molecule has 4 rings (SSSR count). The number of ether oxygens (including phenoxy) is 1. The molecule has 1 aliphatic heterocycles. The number of aromatic nitrogens is 2. The van der Waals surface area contributed by atoms with E-state index in [0.29, 0.717) is 17.8 Å². The molecule has 1 aliphatic rings. The lowest BCUT2D eigenvalue weighted by atomic mass is 10.2. The van der Waals surface area contributed by atoms with Crippen molar-refractivity contribution in [2.75, 3.05) is 39.3 Å². The number of piperazine rings is 1. The summed E-state index contributed by atoms with van der Waals surface area (Å²) in [5.74, 6) is 0.362. The summed E-state index contributed by atoms with van der Waals surface area (Å²) < 4.78 is 7.67. The first-order chi connectivity index (χ1) is 13.2. The molecule has 1 amide bonds. The maximum Gasteiger partial charge on any atom is 0.252 e. The van der Waals surface area contributed by atoms with Gasteiger partial charge in [-0.25, -0.2) is 4.98 Å². The number of hydrogen-bond acceptors (Lipinski definition) is 5. The van der Waals surface area contributed by atoms with Crippen LogP contribution in [0, 0.1) is 0 Å². The zero-order valence-electron chi connectivity index (χ0n) is 15.1. The number of nitrogens with two attached hydrogens (primary N) is 1. The molecule has 0 unspecified atom stereocenters. The number of nitrogens with zero attached hydrogens (tertiary/aromatic N) is 3. The van der Waals surface area contributed by atoms with Gasteiger partial charge in [0.1, 0.15) is 18.0 Å². The van der Waals surface area contributed by atoms with E-state index in [1.807, 2.05) is 41.1 Å². The van der Waals surface area contributed by atoms with Gasteiger partial charge in [0, 0.05) is 50.7 Å². The third-order valence-electron chi connectivity index (χ3n) is 4.78. The van der Waals surface area contributed by atoms with Crippen LogP contribution < -0.4 is 15.8 Å². The predicted octanol–water partition coefficient (Wildman–Crippen LogP) is 1.38. The number of primary amides is 1. The molecule has 27 heavy (non-hydrogen) atoms. The van der Waals surface area contributed by atoms with Crippen LogP contribution in [0.15, 0.2) is 48.8 Å². The van der Waals surface area contributed by atoms with Gasteiger partial charge in [-0.05, 0) is 36.4 Å². The van der Waals surface area contributed by atoms with Gasteiger partial charge in [0.25, 0.3) is 5.91 Å². The van der Waals surface area contributed by atoms with Gasteiger partial charge in [0.15, 0.2) is 0 Å². The van der Waals surface area contributed by atoms with Crippen LogP contribution in [-0.4, -0.2) is 59.5 Å². The van der Waals surface area contributed by atoms with Crippen molar-refractivity contribution < 1.29 is 9.53 Å². The van der Waals surface area contributed by atoms with Gasteiger partial charge in [-0.3, -0.25) is 9.69 Å². The molecular formula is C20H23N5O2. The molecule has 0 bridgehead atoms. The summed E-state index contributed by atoms with van der Waals surface area (Å²) in [4.78, 5) is 18.5. The second-order valence-electron chi connectivity index (χ2n) is 6.61. The Hall–Kier alpha value is -2.90. The normalized spacial score (nSPS) is 15.1. The Labute approximate surface area is 157 Å². The highest BCUT2D eigenvalue weighted by Gasteiger charge is 2.12. The summed E-state index contributed by atoms with van der Waals surface area (Å²) in [6.07, 6.45) is 3.74. The largest absolute Gasteiger partial charge is 0.492 e. The first-order valence-electron chi connectivity index (χ1n) is 9.14. The van der Waals surface area contributed by atoms with Crippen molar-refractivity contribution in [1.29, 1.82) is 0 Å². The van der Waals surface area contributed by atoms with Crippen molar-refractivity contribution >= 4 is 11.6 Å². The zero-order chi connectivity index (χ0) is 18.6. The van der Waals surface area contributed by atoms with Crippen LogP contribution in [0.1, 0.15) is 10.4 Å². The topological polar surface area (TPSA) is 84.9 Å². The number of fused-ring (bicyclic) bond motifs is 1. The molecule has 0 atom stereocenters. The molecule has 0 aliphatic carbocycles. The highest BCUT2D eigenvalue weighted by atomic mass is 16.5. The molecule has 1 saturated heterocycles. The van der Waals surface area contributed by atoms with Crippen molar-refractivity contribution in [2.45, 2.75) is 0 Å². The third-order valence-corrected chi connectivity index (χ3v) is 4.78. The number of carbonyl (C=O) groups is 1. The van der Waals surface area contributed by atoms with E-state index < -0.39 is 5.91 Å². The first kappa shape index (κ1) is 17.5. The number of hydrogen-bond donors (Lipinski definition) is 2. The average molecular weight is 365 g/mol. The monoisotopic (exact) mass is 365 g/mol. The molecule has 0 spiro atoms. The lowest BCUT2D eigenvalue weighted by Crippen LogP contribution is -2.44. The number of imidazole rings is 1. The lowest BCUT2D eigenvalue weighted by Gasteiger charge is -2.26. The standard InChI is InChI=1S/C20H23N5O2/c21-19(26)17-2-1-9-25-14-18(23-20(17)25)15-3-5-16(6-4-15)27-13-12-24-10-7-22-8-11-24/h1-6,9,14,22H,7-8,10-13H2,(H2,21,26). The fourth-order valence-corrected chi connectivity index (χ4v) is 3.29. The van der Waals surface area contributed by atoms with Gasteiger partial charge >= 0.3 is 0 Å². The van der Waals surface area contributed by atoms with Crippen molar-refractivity contribution in [2.24, 2.45) is 5.73 Å². The summed E-state index contributed by atoms with van der Waals surface area (Å²) in [6, 6.07) is 11.3. The Morgan fingerprint density at radius 2 is 1.96 bits per heavy atom. The molecule has 7 heteroatoms. The SMILES string of the molecule is NC(=O)c1cccn2cc(-c3ccc(OCCN4CCNCC4)cc3)nc12. The molecule has 0 saturated carbocycles. The van der Waals surface area contributed by atoms with Gasteiger partial charge in [-0.15, -0.1) is 0 Å². The minimum atomic E-state index is -0.481. The maximum absolute atomic E-state index is 11.6. The molecule has 0 radical (unpaired) electrons. The Morgan fingerprint density at radius 3 is 2.70 bits per heavy atom. The first-order valence-corrected chi connectivity index (χ1v) is 9.14. The van der Waals surface area contributed by atoms with E-state index in [0.717, 1.165) is 49.7 Å². The minimum absolute atomic E-state index is 0.414. The van der Waals surface area contributed by atoms with Gasteiger partial charge in [-0.2, -0.15) is 0 Å². The molecule has 1 fully saturated rings. The number of carbonyl (C=O) groups excluding carboxylic acids is 1. The summed E-state index contributed by atoms with van der Waals surface area (Å²) in [7, 11) is 0. The van der Waals surface area contributed by atoms with E-state index >= 15 is 0 Å². The zero-order valence-corrected chi connectivity index (χ0v) is 15.1. The summed E-state index contributed by atoms with van der Waals surface area (Å²) in [5, 5.41) is 3.35. The third kappa shape index (κ3) is 3.94. The van der Waals surface area contributed by atoms with Crippen LogP contribution in [-0.2, 0) is 0 Å². The molecule has 3 N–H and O–H groups in total. The maximum atomic E-state index is 11.6. The van der Waals surface area contributed by atoms with Crippen LogP contribution in [0.4, 0.5) is 0 Å². The van der Waals surface area contributed by atoms with E-state index in [4.69, 9.17) is 10.5 Å². The molecule has 1 aromatic carbocycles. The molecule has 140 valence electrons. The van der Waals surface area contributed by atoms with Crippen LogP contribution in [0.5, 0.6) is 5.75 Å². The van der Waals surface area contributed by atoms with Gasteiger partial charge in [0.05, 0.1) is 11.3 Å². The molecule has 3 aromatic rings. The molecular weight excluding hydrogens is 342 g/mol. The van der Waals surface area contributed by atoms with E-state index in [-0.39, 0.29) is 0 Å². The number of pyridine rings is 1. The van der Waals surface area contributed by atoms with Crippen molar-refractivity contribution in [3.8, 4) is 17.0 Å². The van der Waals surface area contributed by atoms with Crippen LogP contribution in [0.25, 0.3) is 16.9 Å². The van der Waals surface area contributed by atoms with E-state index in [1.54, 1.807) is 12.1 Å². The molecule has 7 nitrogen and oxygen atoms in total. The number of nitrogens with one attached hydrogen (secondary N) is 1. The second-order valence-corrected chi connectivity index (χ2v) is 6.61. The van der Waals surface area contributed by atoms with E-state index in [9.17, 15) is 4.79 Å². The number of rotatable bonds is 6. The highest BCUT2D eigenvalue weighted by Crippen LogP contribution is 2.23. The second kappa shape index (κ2) is 7.77. The fraction of sp³-hybridized carbons (Fsp3) is 0.300. The minimum Gasteiger partial charge on any atom is -0.492 e. The molecule has 2 aromatic heterocycles. The fourth-order valence-electron chi connectivity index (χ4n) is 3.29. The quantitative estimate of drug-likeness (QED) is 0.689. The Bertz CT molecular complexity index is 929. The van der Waals surface area contributed by atoms with Gasteiger partial charge < -0.3 is 20.2 Å². The van der Waals surface area contributed by atoms with Crippen LogP contribution >= 0.6 is 0 Å². The molecule has 3 heterocycles. The highest BCUT2D eigenvalue weighted by molar-refractivity contribution is 5.98. The average Bonchev–Trinajstić information content (AvgIpc) is 3.13. The Morgan fingerprint density at radius 1 is 1.19 bits per heavy atom. The number of amides is 1. The Kier molecular flexibility index (Phi) is 5.04. The van der Waals surface area contributed by atoms with Gasteiger partial charge in [0.2, 0.25) is 0 Å². The van der Waals surface area contributed by atoms with E-state index in [2.05, 4.69) is 15.2 Å². The summed E-state index contributed by atoms with van der Waals surface area (Å²) >= 11 is 0. The predicted molar refractivity (Wildman–Crippen MR) is 104 cm³/mol. The summed E-state index contributed by atoms with van der Waals surface area (Å²) in [6.45, 7) is 5.85. The lowest BCUT2D eigenvalue weighted by molar-refractivity contribution is 0.100. The summed E-state index contributed by atoms with van der Waals surface area (Å²) in [5.41, 5.74) is 8.16.